The highest BCUT2D eigenvalue weighted by atomic mass is 15.6. The lowest BCUT2D eigenvalue weighted by molar-refractivity contribution is -1.02. The molecule has 0 amide bonds. The molecule has 1 N–H and O–H groups in total. The van der Waals surface area contributed by atoms with E-state index in [1.54, 1.807) is 5.01 Å². The number of unbranched alkanes of at least 4 members (excludes halogenated alkanes) is 12. The Kier molecular flexibility index (Phi) is 21.2. The number of hydrogen-bond donors (Lipinski definition) is 1. The maximum Gasteiger partial charge on any atom is 0.0947 e. The van der Waals surface area contributed by atoms with Crippen molar-refractivity contribution in [2.24, 2.45) is 0 Å². The van der Waals surface area contributed by atoms with Crippen molar-refractivity contribution in [2.75, 3.05) is 26.2 Å². The molecule has 0 radical (unpaired) electrons. The molecular weight excluding hydrogens is 316 g/mol. The first-order valence-electron chi connectivity index (χ1n) is 12.4. The van der Waals surface area contributed by atoms with Crippen LogP contribution in [-0.4, -0.2) is 31.2 Å². The molecule has 26 heavy (non-hydrogen) atoms. The van der Waals surface area contributed by atoms with Crippen molar-refractivity contribution in [3.63, 3.8) is 0 Å². The molecule has 0 aromatic heterocycles. The van der Waals surface area contributed by atoms with Crippen molar-refractivity contribution in [3.8, 4) is 0 Å². The molecule has 2 nitrogen and oxygen atoms in total. The first-order valence-corrected chi connectivity index (χ1v) is 12.4. The summed E-state index contributed by atoms with van der Waals surface area (Å²) in [6.07, 6.45) is 22.4. The molecule has 0 saturated carbocycles. The predicted molar refractivity (Wildman–Crippen MR) is 119 cm³/mol. The van der Waals surface area contributed by atoms with E-state index >= 15 is 0 Å². The van der Waals surface area contributed by atoms with E-state index in [-0.39, 0.29) is 0 Å². The van der Waals surface area contributed by atoms with Crippen LogP contribution in [0, 0.1) is 0 Å². The average molecular weight is 370 g/mol. The highest BCUT2D eigenvalue weighted by Crippen LogP contribution is 2.05. The monoisotopic (exact) mass is 369 g/mol. The van der Waals surface area contributed by atoms with Gasteiger partial charge in [0.05, 0.1) is 13.1 Å². The van der Waals surface area contributed by atoms with Crippen LogP contribution in [0.3, 0.4) is 0 Å². The summed E-state index contributed by atoms with van der Waals surface area (Å²) in [7, 11) is 0. The average Bonchev–Trinajstić information content (AvgIpc) is 2.66. The topological polar surface area (TPSA) is 7.68 Å². The lowest BCUT2D eigenvalue weighted by atomic mass is 10.1. The van der Waals surface area contributed by atoms with Gasteiger partial charge < -0.3 is 0 Å². The largest absolute Gasteiger partial charge is 0.255 e. The maximum absolute atomic E-state index is 2.80. The van der Waals surface area contributed by atoms with Gasteiger partial charge >= 0.3 is 0 Å². The van der Waals surface area contributed by atoms with Crippen LogP contribution in [0.4, 0.5) is 0 Å². The van der Waals surface area contributed by atoms with Crippen molar-refractivity contribution in [1.82, 2.24) is 5.01 Å². The van der Waals surface area contributed by atoms with Gasteiger partial charge in [-0.3, -0.25) is 5.01 Å². The minimum Gasteiger partial charge on any atom is -0.255 e. The molecule has 0 spiro atoms. The van der Waals surface area contributed by atoms with Crippen LogP contribution >= 0.6 is 0 Å². The molecule has 2 heteroatoms. The molecule has 0 heterocycles. The molecule has 0 aliphatic carbocycles. The minimum atomic E-state index is 1.30. The van der Waals surface area contributed by atoms with Gasteiger partial charge in [0, 0.05) is 13.1 Å². The van der Waals surface area contributed by atoms with Gasteiger partial charge in [-0.1, -0.05) is 91.9 Å². The van der Waals surface area contributed by atoms with Crippen LogP contribution in [-0.2, 0) is 0 Å². The van der Waals surface area contributed by atoms with Crippen LogP contribution in [0.2, 0.25) is 0 Å². The Morgan fingerprint density at radius 1 is 0.423 bits per heavy atom. The van der Waals surface area contributed by atoms with Crippen molar-refractivity contribution in [2.45, 2.75) is 130 Å². The van der Waals surface area contributed by atoms with Crippen LogP contribution in [0.5, 0.6) is 0 Å². The standard InChI is InChI=1S/C24H52N2/c1-5-9-13-15-17-19-23-26(24-20-18-16-14-10-6-2)25(21-11-7-3)22-12-8-4/h5-24H2,1-4H3/p+1. The lowest BCUT2D eigenvalue weighted by Gasteiger charge is -2.31. The van der Waals surface area contributed by atoms with Crippen molar-refractivity contribution < 1.29 is 5.01 Å². The van der Waals surface area contributed by atoms with Crippen molar-refractivity contribution in [3.05, 3.63) is 0 Å². The van der Waals surface area contributed by atoms with Crippen LogP contribution in [0.1, 0.15) is 130 Å². The zero-order chi connectivity index (χ0) is 19.3. The summed E-state index contributed by atoms with van der Waals surface area (Å²) in [6.45, 7) is 14.6. The Hall–Kier alpha value is -0.0800. The Morgan fingerprint density at radius 3 is 1.15 bits per heavy atom. The highest BCUT2D eigenvalue weighted by molar-refractivity contribution is 4.49. The van der Waals surface area contributed by atoms with Gasteiger partial charge in [0.1, 0.15) is 0 Å². The first kappa shape index (κ1) is 25.9. The molecule has 158 valence electrons. The Bertz CT molecular complexity index is 231. The quantitative estimate of drug-likeness (QED) is 0.181. The molecule has 0 atom stereocenters. The van der Waals surface area contributed by atoms with E-state index in [0.29, 0.717) is 0 Å². The van der Waals surface area contributed by atoms with E-state index in [9.17, 15) is 0 Å². The van der Waals surface area contributed by atoms with Crippen molar-refractivity contribution >= 4 is 0 Å². The summed E-state index contributed by atoms with van der Waals surface area (Å²) in [6, 6.07) is 0. The third-order valence-electron chi connectivity index (χ3n) is 5.65. The van der Waals surface area contributed by atoms with E-state index in [2.05, 4.69) is 32.7 Å². The number of quaternary nitrogens is 1. The smallest absolute Gasteiger partial charge is 0.0947 e. The summed E-state index contributed by atoms with van der Waals surface area (Å²) in [5, 5.41) is 4.60. The number of nitrogens with one attached hydrogen (secondary N) is 1. The molecule has 0 fully saturated rings. The lowest BCUT2D eigenvalue weighted by Crippen LogP contribution is -3.18. The van der Waals surface area contributed by atoms with E-state index in [1.165, 1.54) is 129 Å². The second kappa shape index (κ2) is 21.2. The zero-order valence-electron chi connectivity index (χ0n) is 19.1. The zero-order valence-corrected chi connectivity index (χ0v) is 19.1. The summed E-state index contributed by atoms with van der Waals surface area (Å²) in [5.74, 6) is 0. The van der Waals surface area contributed by atoms with Gasteiger partial charge in [0.15, 0.2) is 0 Å². The molecule has 0 aliphatic heterocycles. The molecule has 0 aromatic carbocycles. The second-order valence-electron chi connectivity index (χ2n) is 8.30. The number of nitrogens with zero attached hydrogens (tertiary/aromatic N) is 1. The SMILES string of the molecule is CCCCCCCC[NH+](CCCCCCCC)N(CCCC)CCCC. The van der Waals surface area contributed by atoms with E-state index < -0.39 is 0 Å². The normalized spacial score (nSPS) is 11.8. The van der Waals surface area contributed by atoms with Crippen LogP contribution < -0.4 is 5.01 Å². The number of hydrogen-bond acceptors (Lipinski definition) is 1. The molecule has 0 aromatic rings. The summed E-state index contributed by atoms with van der Waals surface area (Å²) < 4.78 is 0. The summed E-state index contributed by atoms with van der Waals surface area (Å²) >= 11 is 0. The van der Waals surface area contributed by atoms with Gasteiger partial charge in [-0.25, -0.2) is 0 Å². The highest BCUT2D eigenvalue weighted by Gasteiger charge is 2.18. The van der Waals surface area contributed by atoms with Gasteiger partial charge in [-0.15, -0.1) is 0 Å². The van der Waals surface area contributed by atoms with Crippen molar-refractivity contribution in [1.29, 1.82) is 0 Å². The fraction of sp³-hybridized carbons (Fsp3) is 1.00. The summed E-state index contributed by atoms with van der Waals surface area (Å²) in [5.41, 5.74) is 0. The third-order valence-corrected chi connectivity index (χ3v) is 5.65. The first-order chi connectivity index (χ1) is 12.8. The Balaban J connectivity index is 4.31. The van der Waals surface area contributed by atoms with Crippen LogP contribution in [0.15, 0.2) is 0 Å². The molecule has 0 unspecified atom stereocenters. The fourth-order valence-corrected chi connectivity index (χ4v) is 3.79. The molecule has 0 rings (SSSR count). The molecule has 0 aliphatic rings. The van der Waals surface area contributed by atoms with E-state index in [1.807, 2.05) is 0 Å². The van der Waals surface area contributed by atoms with Crippen LogP contribution in [0.25, 0.3) is 0 Å². The number of rotatable bonds is 21. The third kappa shape index (κ3) is 16.1. The van der Waals surface area contributed by atoms with Gasteiger partial charge in [0.25, 0.3) is 0 Å². The predicted octanol–water partition coefficient (Wildman–Crippen LogP) is 6.41. The fourth-order valence-electron chi connectivity index (χ4n) is 3.79. The van der Waals surface area contributed by atoms with Gasteiger partial charge in [0.2, 0.25) is 0 Å². The van der Waals surface area contributed by atoms with Gasteiger partial charge in [-0.2, -0.15) is 5.01 Å². The Labute approximate surface area is 167 Å². The van der Waals surface area contributed by atoms with Gasteiger partial charge in [-0.05, 0) is 38.5 Å². The second-order valence-corrected chi connectivity index (χ2v) is 8.30. The summed E-state index contributed by atoms with van der Waals surface area (Å²) in [4.78, 5) is 0. The maximum atomic E-state index is 2.80. The van der Waals surface area contributed by atoms with E-state index in [0.717, 1.165) is 0 Å². The molecule has 0 saturated heterocycles. The molecule has 0 bridgehead atoms. The Morgan fingerprint density at radius 2 is 0.769 bits per heavy atom. The van der Waals surface area contributed by atoms with E-state index in [4.69, 9.17) is 0 Å². The molecular formula is C24H53N2+. The minimum absolute atomic E-state index is 1.30.